The van der Waals surface area contributed by atoms with Crippen LogP contribution in [0.25, 0.3) is 0 Å². The van der Waals surface area contributed by atoms with E-state index >= 15 is 0 Å². The Bertz CT molecular complexity index is 630. The highest BCUT2D eigenvalue weighted by Gasteiger charge is 2.21. The van der Waals surface area contributed by atoms with Crippen molar-refractivity contribution in [1.82, 2.24) is 5.32 Å². The van der Waals surface area contributed by atoms with Crippen molar-refractivity contribution in [1.29, 1.82) is 0 Å². The molecule has 0 fully saturated rings. The van der Waals surface area contributed by atoms with Gasteiger partial charge in [0.15, 0.2) is 0 Å². The lowest BCUT2D eigenvalue weighted by atomic mass is 10.1. The first-order valence-corrected chi connectivity index (χ1v) is 7.06. The maximum atomic E-state index is 11.1. The Hall–Kier alpha value is -2.33. The van der Waals surface area contributed by atoms with Gasteiger partial charge in [0.1, 0.15) is 11.9 Å². The molecule has 0 aromatic heterocycles. The Morgan fingerprint density at radius 2 is 2.10 bits per heavy atom. The van der Waals surface area contributed by atoms with E-state index in [4.69, 9.17) is 10.5 Å². The number of primary amides is 1. The first-order chi connectivity index (χ1) is 10.2. The van der Waals surface area contributed by atoms with Crippen molar-refractivity contribution < 1.29 is 9.53 Å². The van der Waals surface area contributed by atoms with E-state index in [0.717, 1.165) is 24.3 Å². The molecule has 1 atom stereocenters. The number of para-hydroxylation sites is 1. The smallest absolute Gasteiger partial charge is 0.248 e. The van der Waals surface area contributed by atoms with Crippen LogP contribution in [0.1, 0.15) is 21.5 Å². The van der Waals surface area contributed by atoms with Crippen LogP contribution in [0.4, 0.5) is 0 Å². The molecule has 0 spiro atoms. The predicted molar refractivity (Wildman–Crippen MR) is 81.2 cm³/mol. The van der Waals surface area contributed by atoms with Crippen LogP contribution in [0.3, 0.4) is 0 Å². The van der Waals surface area contributed by atoms with Crippen LogP contribution >= 0.6 is 0 Å². The summed E-state index contributed by atoms with van der Waals surface area (Å²) >= 11 is 0. The van der Waals surface area contributed by atoms with Crippen molar-refractivity contribution in [2.45, 2.75) is 19.1 Å². The van der Waals surface area contributed by atoms with E-state index in [2.05, 4.69) is 11.4 Å². The largest absolute Gasteiger partial charge is 0.488 e. The zero-order valence-corrected chi connectivity index (χ0v) is 11.7. The molecule has 3 N–H and O–H groups in total. The minimum Gasteiger partial charge on any atom is -0.488 e. The minimum absolute atomic E-state index is 0.168. The van der Waals surface area contributed by atoms with Gasteiger partial charge in [0.05, 0.1) is 0 Å². The number of benzene rings is 2. The number of carbonyl (C=O) groups excluding carboxylic acids is 1. The fourth-order valence-corrected chi connectivity index (χ4v) is 2.58. The van der Waals surface area contributed by atoms with Crippen LogP contribution < -0.4 is 15.8 Å². The number of nitrogens with two attached hydrogens (primary N) is 1. The quantitative estimate of drug-likeness (QED) is 0.880. The lowest BCUT2D eigenvalue weighted by molar-refractivity contribution is 0.1000. The number of hydrogen-bond acceptors (Lipinski definition) is 3. The summed E-state index contributed by atoms with van der Waals surface area (Å²) < 4.78 is 5.87. The lowest BCUT2D eigenvalue weighted by Crippen LogP contribution is -2.29. The van der Waals surface area contributed by atoms with Crippen molar-refractivity contribution in [3.63, 3.8) is 0 Å². The van der Waals surface area contributed by atoms with Gasteiger partial charge in [0.2, 0.25) is 5.91 Å². The van der Waals surface area contributed by atoms with E-state index in [0.29, 0.717) is 12.1 Å². The molecule has 1 amide bonds. The van der Waals surface area contributed by atoms with E-state index < -0.39 is 5.91 Å². The minimum atomic E-state index is -0.397. The summed E-state index contributed by atoms with van der Waals surface area (Å²) in [6.07, 6.45) is 1.10. The third kappa shape index (κ3) is 3.23. The Morgan fingerprint density at radius 1 is 1.24 bits per heavy atom. The Labute approximate surface area is 123 Å². The molecule has 3 rings (SSSR count). The molecule has 108 valence electrons. The van der Waals surface area contributed by atoms with Crippen LogP contribution in [0.15, 0.2) is 48.5 Å². The zero-order valence-electron chi connectivity index (χ0n) is 11.7. The van der Waals surface area contributed by atoms with Gasteiger partial charge in [-0.1, -0.05) is 30.3 Å². The summed E-state index contributed by atoms with van der Waals surface area (Å²) in [5.74, 6) is 0.589. The van der Waals surface area contributed by atoms with Crippen molar-refractivity contribution in [3.05, 3.63) is 65.2 Å². The molecular formula is C17H18N2O2. The second kappa shape index (κ2) is 5.97. The SMILES string of the molecule is NC(=O)c1cccc(CNCC2Cc3ccccc3O2)c1. The molecule has 2 aromatic rings. The van der Waals surface area contributed by atoms with E-state index in [1.807, 2.05) is 36.4 Å². The van der Waals surface area contributed by atoms with E-state index in [9.17, 15) is 4.79 Å². The molecule has 4 nitrogen and oxygen atoms in total. The molecule has 0 radical (unpaired) electrons. The summed E-state index contributed by atoms with van der Waals surface area (Å²) in [6, 6.07) is 15.5. The number of amides is 1. The third-order valence-corrected chi connectivity index (χ3v) is 3.63. The van der Waals surface area contributed by atoms with Crippen LogP contribution in [-0.4, -0.2) is 18.6 Å². The molecule has 0 saturated heterocycles. The molecular weight excluding hydrogens is 264 g/mol. The molecule has 21 heavy (non-hydrogen) atoms. The first kappa shape index (κ1) is 13.6. The fourth-order valence-electron chi connectivity index (χ4n) is 2.58. The van der Waals surface area contributed by atoms with Gasteiger partial charge in [-0.05, 0) is 29.3 Å². The normalized spacial score (nSPS) is 16.3. The molecule has 2 aromatic carbocycles. The highest BCUT2D eigenvalue weighted by atomic mass is 16.5. The number of fused-ring (bicyclic) bond motifs is 1. The zero-order chi connectivity index (χ0) is 14.7. The number of ether oxygens (including phenoxy) is 1. The average Bonchev–Trinajstić information content (AvgIpc) is 2.90. The van der Waals surface area contributed by atoms with Crippen LogP contribution in [-0.2, 0) is 13.0 Å². The van der Waals surface area contributed by atoms with Crippen molar-refractivity contribution in [2.75, 3.05) is 6.54 Å². The second-order valence-electron chi connectivity index (χ2n) is 5.25. The second-order valence-corrected chi connectivity index (χ2v) is 5.25. The molecule has 1 heterocycles. The van der Waals surface area contributed by atoms with Crippen molar-refractivity contribution >= 4 is 5.91 Å². The molecule has 1 aliphatic heterocycles. The lowest BCUT2D eigenvalue weighted by Gasteiger charge is -2.12. The molecule has 0 bridgehead atoms. The summed E-state index contributed by atoms with van der Waals surface area (Å²) in [5.41, 5.74) is 8.13. The predicted octanol–water partition coefficient (Wildman–Crippen LogP) is 1.88. The first-order valence-electron chi connectivity index (χ1n) is 7.06. The topological polar surface area (TPSA) is 64.4 Å². The maximum Gasteiger partial charge on any atom is 0.248 e. The highest BCUT2D eigenvalue weighted by molar-refractivity contribution is 5.92. The number of carbonyl (C=O) groups is 1. The van der Waals surface area contributed by atoms with E-state index in [1.165, 1.54) is 5.56 Å². The van der Waals surface area contributed by atoms with E-state index in [1.54, 1.807) is 6.07 Å². The maximum absolute atomic E-state index is 11.1. The van der Waals surface area contributed by atoms with Gasteiger partial charge in [-0.25, -0.2) is 0 Å². The number of nitrogens with one attached hydrogen (secondary N) is 1. The van der Waals surface area contributed by atoms with Gasteiger partial charge in [-0.2, -0.15) is 0 Å². The third-order valence-electron chi connectivity index (χ3n) is 3.63. The van der Waals surface area contributed by atoms with Crippen molar-refractivity contribution in [3.8, 4) is 5.75 Å². The highest BCUT2D eigenvalue weighted by Crippen LogP contribution is 2.27. The summed E-state index contributed by atoms with van der Waals surface area (Å²) in [4.78, 5) is 11.1. The standard InChI is InChI=1S/C17H18N2O2/c18-17(20)14-6-3-4-12(8-14)10-19-11-15-9-13-5-1-2-7-16(13)21-15/h1-8,15,19H,9-11H2,(H2,18,20). The van der Waals surface area contributed by atoms with Gasteiger partial charge in [0.25, 0.3) is 0 Å². The van der Waals surface area contributed by atoms with Crippen LogP contribution in [0, 0.1) is 0 Å². The van der Waals surface area contributed by atoms with Gasteiger partial charge in [0, 0.05) is 25.1 Å². The molecule has 1 unspecified atom stereocenters. The van der Waals surface area contributed by atoms with Gasteiger partial charge < -0.3 is 15.8 Å². The van der Waals surface area contributed by atoms with Gasteiger partial charge in [-0.3, -0.25) is 4.79 Å². The molecule has 4 heteroatoms. The number of hydrogen-bond donors (Lipinski definition) is 2. The molecule has 0 aliphatic carbocycles. The Morgan fingerprint density at radius 3 is 2.90 bits per heavy atom. The van der Waals surface area contributed by atoms with Crippen LogP contribution in [0.5, 0.6) is 5.75 Å². The summed E-state index contributed by atoms with van der Waals surface area (Å²) in [5, 5.41) is 3.37. The van der Waals surface area contributed by atoms with Gasteiger partial charge >= 0.3 is 0 Å². The van der Waals surface area contributed by atoms with Crippen LogP contribution in [0.2, 0.25) is 0 Å². The summed E-state index contributed by atoms with van der Waals surface area (Å²) in [7, 11) is 0. The Kier molecular flexibility index (Phi) is 3.88. The monoisotopic (exact) mass is 282 g/mol. The van der Waals surface area contributed by atoms with Crippen molar-refractivity contribution in [2.24, 2.45) is 5.73 Å². The van der Waals surface area contributed by atoms with Gasteiger partial charge in [-0.15, -0.1) is 0 Å². The fraction of sp³-hybridized carbons (Fsp3) is 0.235. The molecule has 0 saturated carbocycles. The Balaban J connectivity index is 1.51. The van der Waals surface area contributed by atoms with E-state index in [-0.39, 0.29) is 6.10 Å². The summed E-state index contributed by atoms with van der Waals surface area (Å²) in [6.45, 7) is 1.47. The number of rotatable bonds is 5. The molecule has 1 aliphatic rings. The average molecular weight is 282 g/mol.